The van der Waals surface area contributed by atoms with Crippen molar-refractivity contribution in [1.82, 2.24) is 4.98 Å². The van der Waals surface area contributed by atoms with E-state index in [-0.39, 0.29) is 0 Å². The fourth-order valence-electron chi connectivity index (χ4n) is 2.19. The number of pyridine rings is 1. The van der Waals surface area contributed by atoms with Crippen LogP contribution in [0.4, 0.5) is 11.5 Å². The molecule has 0 aromatic carbocycles. The van der Waals surface area contributed by atoms with Crippen molar-refractivity contribution in [2.45, 2.75) is 38.1 Å². The first kappa shape index (κ1) is 11.2. The van der Waals surface area contributed by atoms with Crippen molar-refractivity contribution in [3.63, 3.8) is 0 Å². The summed E-state index contributed by atoms with van der Waals surface area (Å²) < 4.78 is 0. The van der Waals surface area contributed by atoms with E-state index < -0.39 is 0 Å². The van der Waals surface area contributed by atoms with Gasteiger partial charge in [-0.05, 0) is 25.0 Å². The Kier molecular flexibility index (Phi) is 3.65. The van der Waals surface area contributed by atoms with Gasteiger partial charge in [0.1, 0.15) is 5.82 Å². The van der Waals surface area contributed by atoms with Crippen LogP contribution in [0.2, 0.25) is 0 Å². The molecule has 2 rings (SSSR count). The Balaban J connectivity index is 1.93. The SMILES string of the molecule is CN(C)c1ccc(NC2CCCCC2)nc1. The maximum absolute atomic E-state index is 4.44. The molecular weight excluding hydrogens is 198 g/mol. The lowest BCUT2D eigenvalue weighted by molar-refractivity contribution is 0.462. The van der Waals surface area contributed by atoms with Gasteiger partial charge in [-0.2, -0.15) is 0 Å². The predicted octanol–water partition coefficient (Wildman–Crippen LogP) is 2.89. The molecule has 0 saturated heterocycles. The van der Waals surface area contributed by atoms with Crippen LogP contribution in [-0.2, 0) is 0 Å². The minimum Gasteiger partial charge on any atom is -0.376 e. The molecule has 1 heterocycles. The molecule has 1 fully saturated rings. The van der Waals surface area contributed by atoms with Gasteiger partial charge in [0.05, 0.1) is 11.9 Å². The normalized spacial score (nSPS) is 17.1. The maximum Gasteiger partial charge on any atom is 0.126 e. The monoisotopic (exact) mass is 219 g/mol. The molecule has 3 nitrogen and oxygen atoms in total. The second-order valence-electron chi connectivity index (χ2n) is 4.78. The number of aromatic nitrogens is 1. The third kappa shape index (κ3) is 2.87. The molecule has 88 valence electrons. The van der Waals surface area contributed by atoms with Crippen molar-refractivity contribution in [2.75, 3.05) is 24.3 Å². The molecule has 0 atom stereocenters. The number of nitrogens with zero attached hydrogens (tertiary/aromatic N) is 2. The van der Waals surface area contributed by atoms with Crippen LogP contribution in [0.5, 0.6) is 0 Å². The molecular formula is C13H21N3. The Morgan fingerprint density at radius 2 is 1.94 bits per heavy atom. The zero-order valence-corrected chi connectivity index (χ0v) is 10.2. The zero-order chi connectivity index (χ0) is 11.4. The lowest BCUT2D eigenvalue weighted by atomic mass is 9.95. The summed E-state index contributed by atoms with van der Waals surface area (Å²) in [7, 11) is 4.07. The number of hydrogen-bond acceptors (Lipinski definition) is 3. The summed E-state index contributed by atoms with van der Waals surface area (Å²) in [5, 5.41) is 3.52. The molecule has 0 radical (unpaired) electrons. The van der Waals surface area contributed by atoms with E-state index in [1.165, 1.54) is 32.1 Å². The van der Waals surface area contributed by atoms with Gasteiger partial charge >= 0.3 is 0 Å². The fourth-order valence-corrected chi connectivity index (χ4v) is 2.19. The molecule has 1 aromatic rings. The fraction of sp³-hybridized carbons (Fsp3) is 0.615. The van der Waals surface area contributed by atoms with E-state index in [0.29, 0.717) is 6.04 Å². The molecule has 0 amide bonds. The Morgan fingerprint density at radius 3 is 2.50 bits per heavy atom. The molecule has 1 saturated carbocycles. The number of anilines is 2. The highest BCUT2D eigenvalue weighted by Crippen LogP contribution is 2.21. The Morgan fingerprint density at radius 1 is 1.19 bits per heavy atom. The number of nitrogens with one attached hydrogen (secondary N) is 1. The largest absolute Gasteiger partial charge is 0.376 e. The van der Waals surface area contributed by atoms with Crippen molar-refractivity contribution in [3.8, 4) is 0 Å². The number of hydrogen-bond donors (Lipinski definition) is 1. The standard InChI is InChI=1S/C13H21N3/c1-16(2)12-8-9-13(14-10-12)15-11-6-4-3-5-7-11/h8-11H,3-7H2,1-2H3,(H,14,15). The molecule has 1 N–H and O–H groups in total. The summed E-state index contributed by atoms with van der Waals surface area (Å²) >= 11 is 0. The van der Waals surface area contributed by atoms with Crippen molar-refractivity contribution >= 4 is 11.5 Å². The number of rotatable bonds is 3. The molecule has 1 aromatic heterocycles. The van der Waals surface area contributed by atoms with Crippen LogP contribution in [0, 0.1) is 0 Å². The van der Waals surface area contributed by atoms with Crippen molar-refractivity contribution < 1.29 is 0 Å². The van der Waals surface area contributed by atoms with E-state index in [1.54, 1.807) is 0 Å². The Labute approximate surface area is 97.9 Å². The van der Waals surface area contributed by atoms with Crippen molar-refractivity contribution in [1.29, 1.82) is 0 Å². The zero-order valence-electron chi connectivity index (χ0n) is 10.2. The molecule has 0 bridgehead atoms. The van der Waals surface area contributed by atoms with E-state index in [4.69, 9.17) is 0 Å². The minimum atomic E-state index is 0.631. The summed E-state index contributed by atoms with van der Waals surface area (Å²) in [4.78, 5) is 6.51. The van der Waals surface area contributed by atoms with E-state index >= 15 is 0 Å². The Bertz CT molecular complexity index is 312. The van der Waals surface area contributed by atoms with Crippen LogP contribution in [0.1, 0.15) is 32.1 Å². The molecule has 0 unspecified atom stereocenters. The van der Waals surface area contributed by atoms with Gasteiger partial charge in [-0.3, -0.25) is 0 Å². The Hall–Kier alpha value is -1.25. The first-order valence-corrected chi connectivity index (χ1v) is 6.15. The maximum atomic E-state index is 4.44. The minimum absolute atomic E-state index is 0.631. The highest BCUT2D eigenvalue weighted by atomic mass is 15.1. The topological polar surface area (TPSA) is 28.2 Å². The highest BCUT2D eigenvalue weighted by molar-refractivity contribution is 5.48. The predicted molar refractivity (Wildman–Crippen MR) is 69.1 cm³/mol. The van der Waals surface area contributed by atoms with E-state index in [2.05, 4.69) is 27.3 Å². The molecule has 3 heteroatoms. The average molecular weight is 219 g/mol. The summed E-state index contributed by atoms with van der Waals surface area (Å²) in [5.41, 5.74) is 1.15. The average Bonchev–Trinajstić information content (AvgIpc) is 2.31. The summed E-state index contributed by atoms with van der Waals surface area (Å²) in [5.74, 6) is 1.01. The van der Waals surface area contributed by atoms with Gasteiger partial charge in [0.25, 0.3) is 0 Å². The second kappa shape index (κ2) is 5.19. The van der Waals surface area contributed by atoms with Gasteiger partial charge in [0.15, 0.2) is 0 Å². The van der Waals surface area contributed by atoms with E-state index in [0.717, 1.165) is 11.5 Å². The summed E-state index contributed by atoms with van der Waals surface area (Å²) in [6.07, 6.45) is 8.60. The third-order valence-corrected chi connectivity index (χ3v) is 3.22. The lowest BCUT2D eigenvalue weighted by Gasteiger charge is -2.23. The molecule has 16 heavy (non-hydrogen) atoms. The van der Waals surface area contributed by atoms with Crippen LogP contribution < -0.4 is 10.2 Å². The molecule has 1 aliphatic rings. The lowest BCUT2D eigenvalue weighted by Crippen LogP contribution is -2.22. The first-order chi connectivity index (χ1) is 7.75. The van der Waals surface area contributed by atoms with Gasteiger partial charge < -0.3 is 10.2 Å². The molecule has 0 aliphatic heterocycles. The smallest absolute Gasteiger partial charge is 0.126 e. The van der Waals surface area contributed by atoms with Gasteiger partial charge in [-0.25, -0.2) is 4.98 Å². The molecule has 0 spiro atoms. The quantitative estimate of drug-likeness (QED) is 0.847. The van der Waals surface area contributed by atoms with Crippen LogP contribution in [0.15, 0.2) is 18.3 Å². The van der Waals surface area contributed by atoms with Gasteiger partial charge in [0, 0.05) is 20.1 Å². The van der Waals surface area contributed by atoms with Gasteiger partial charge in [-0.15, -0.1) is 0 Å². The summed E-state index contributed by atoms with van der Waals surface area (Å²) in [6, 6.07) is 4.81. The first-order valence-electron chi connectivity index (χ1n) is 6.15. The van der Waals surface area contributed by atoms with Crippen LogP contribution >= 0.6 is 0 Å². The van der Waals surface area contributed by atoms with Gasteiger partial charge in [-0.1, -0.05) is 19.3 Å². The highest BCUT2D eigenvalue weighted by Gasteiger charge is 2.13. The second-order valence-corrected chi connectivity index (χ2v) is 4.78. The van der Waals surface area contributed by atoms with Crippen molar-refractivity contribution in [3.05, 3.63) is 18.3 Å². The summed E-state index contributed by atoms with van der Waals surface area (Å²) in [6.45, 7) is 0. The van der Waals surface area contributed by atoms with Crippen LogP contribution in [-0.4, -0.2) is 25.1 Å². The third-order valence-electron chi connectivity index (χ3n) is 3.22. The van der Waals surface area contributed by atoms with Crippen LogP contribution in [0.3, 0.4) is 0 Å². The molecule has 1 aliphatic carbocycles. The van der Waals surface area contributed by atoms with Crippen LogP contribution in [0.25, 0.3) is 0 Å². The van der Waals surface area contributed by atoms with E-state index in [9.17, 15) is 0 Å². The van der Waals surface area contributed by atoms with Gasteiger partial charge in [0.2, 0.25) is 0 Å². The van der Waals surface area contributed by atoms with E-state index in [1.807, 2.05) is 20.3 Å². The van der Waals surface area contributed by atoms with Crippen molar-refractivity contribution in [2.24, 2.45) is 0 Å².